The number of allylic oxidation sites excluding steroid dienone is 2. The molecular formula is C21H17ClN4O. The van der Waals surface area contributed by atoms with Gasteiger partial charge in [0, 0.05) is 28.3 Å². The SMILES string of the molecule is O=C1C[C@@H](c2ccccc2)CC2=C1[C@H](c1ccccc1Cl)n1ncnc1N2. The number of fused-ring (bicyclic) bond motifs is 1. The molecule has 0 saturated heterocycles. The topological polar surface area (TPSA) is 59.8 Å². The molecule has 6 heteroatoms. The van der Waals surface area contributed by atoms with E-state index in [-0.39, 0.29) is 17.7 Å². The van der Waals surface area contributed by atoms with Crippen LogP contribution >= 0.6 is 11.6 Å². The van der Waals surface area contributed by atoms with Crippen molar-refractivity contribution in [3.63, 3.8) is 0 Å². The summed E-state index contributed by atoms with van der Waals surface area (Å²) in [6, 6.07) is 17.5. The Labute approximate surface area is 161 Å². The van der Waals surface area contributed by atoms with Crippen molar-refractivity contribution in [3.05, 3.63) is 88.3 Å². The second-order valence-electron chi connectivity index (χ2n) is 6.91. The lowest BCUT2D eigenvalue weighted by Gasteiger charge is -2.35. The summed E-state index contributed by atoms with van der Waals surface area (Å²) in [7, 11) is 0. The Morgan fingerprint density at radius 3 is 2.63 bits per heavy atom. The van der Waals surface area contributed by atoms with Crippen LogP contribution in [0.2, 0.25) is 5.02 Å². The van der Waals surface area contributed by atoms with Gasteiger partial charge in [0.2, 0.25) is 5.95 Å². The smallest absolute Gasteiger partial charge is 0.226 e. The molecule has 1 aromatic heterocycles. The number of aromatic nitrogens is 3. The zero-order valence-corrected chi connectivity index (χ0v) is 15.2. The number of hydrogen-bond acceptors (Lipinski definition) is 4. The number of nitrogens with one attached hydrogen (secondary N) is 1. The molecule has 27 heavy (non-hydrogen) atoms. The highest BCUT2D eigenvalue weighted by Gasteiger charge is 2.39. The molecule has 5 rings (SSSR count). The van der Waals surface area contributed by atoms with Crippen LogP contribution in [-0.4, -0.2) is 20.5 Å². The first-order valence-electron chi connectivity index (χ1n) is 8.94. The van der Waals surface area contributed by atoms with Crippen LogP contribution in [0.1, 0.15) is 35.9 Å². The standard InChI is InChI=1S/C21H17ClN4O/c22-16-9-5-4-8-15(16)20-19-17(25-21-23-12-24-26(20)21)10-14(11-18(19)27)13-6-2-1-3-7-13/h1-9,12,14,20H,10-11H2,(H,23,24,25)/t14-,20-/m0/s1. The van der Waals surface area contributed by atoms with Gasteiger partial charge in [0.15, 0.2) is 5.78 Å². The van der Waals surface area contributed by atoms with Gasteiger partial charge >= 0.3 is 0 Å². The lowest BCUT2D eigenvalue weighted by Crippen LogP contribution is -2.33. The maximum absolute atomic E-state index is 13.2. The molecule has 134 valence electrons. The van der Waals surface area contributed by atoms with E-state index in [0.29, 0.717) is 17.4 Å². The number of anilines is 1. The zero-order chi connectivity index (χ0) is 18.4. The summed E-state index contributed by atoms with van der Waals surface area (Å²) in [6.07, 6.45) is 2.75. The maximum atomic E-state index is 13.2. The third-order valence-electron chi connectivity index (χ3n) is 5.33. The minimum absolute atomic E-state index is 0.128. The van der Waals surface area contributed by atoms with Crippen molar-refractivity contribution < 1.29 is 4.79 Å². The Balaban J connectivity index is 1.63. The zero-order valence-electron chi connectivity index (χ0n) is 14.5. The largest absolute Gasteiger partial charge is 0.328 e. The van der Waals surface area contributed by atoms with E-state index in [0.717, 1.165) is 23.3 Å². The van der Waals surface area contributed by atoms with Crippen LogP contribution in [0.5, 0.6) is 0 Å². The van der Waals surface area contributed by atoms with Crippen LogP contribution < -0.4 is 5.32 Å². The Kier molecular flexibility index (Phi) is 3.83. The van der Waals surface area contributed by atoms with Gasteiger partial charge in [0.1, 0.15) is 12.4 Å². The minimum Gasteiger partial charge on any atom is -0.328 e. The third-order valence-corrected chi connectivity index (χ3v) is 5.68. The van der Waals surface area contributed by atoms with Crippen LogP contribution in [0.15, 0.2) is 72.2 Å². The highest BCUT2D eigenvalue weighted by atomic mass is 35.5. The third kappa shape index (κ3) is 2.66. The van der Waals surface area contributed by atoms with E-state index in [2.05, 4.69) is 27.5 Å². The predicted octanol–water partition coefficient (Wildman–Crippen LogP) is 4.35. The molecule has 3 aromatic rings. The van der Waals surface area contributed by atoms with Crippen LogP contribution in [-0.2, 0) is 4.79 Å². The van der Waals surface area contributed by atoms with Crippen molar-refractivity contribution in [3.8, 4) is 0 Å². The second-order valence-corrected chi connectivity index (χ2v) is 7.32. The number of nitrogens with zero attached hydrogens (tertiary/aromatic N) is 3. The molecule has 2 aromatic carbocycles. The lowest BCUT2D eigenvalue weighted by atomic mass is 9.78. The van der Waals surface area contributed by atoms with Crippen LogP contribution in [0, 0.1) is 0 Å². The average molecular weight is 377 g/mol. The van der Waals surface area contributed by atoms with E-state index in [1.165, 1.54) is 11.9 Å². The highest BCUT2D eigenvalue weighted by Crippen LogP contribution is 2.44. The number of carbonyl (C=O) groups excluding carboxylic acids is 1. The van der Waals surface area contributed by atoms with Gasteiger partial charge in [0.05, 0.1) is 0 Å². The fourth-order valence-electron chi connectivity index (χ4n) is 4.10. The molecule has 5 nitrogen and oxygen atoms in total. The fourth-order valence-corrected chi connectivity index (χ4v) is 4.34. The first-order chi connectivity index (χ1) is 13.2. The molecule has 1 aliphatic heterocycles. The highest BCUT2D eigenvalue weighted by molar-refractivity contribution is 6.31. The fraction of sp³-hybridized carbons (Fsp3) is 0.190. The van der Waals surface area contributed by atoms with E-state index >= 15 is 0 Å². The molecular weight excluding hydrogens is 360 g/mol. The Morgan fingerprint density at radius 2 is 1.81 bits per heavy atom. The quantitative estimate of drug-likeness (QED) is 0.722. The number of ketones is 1. The van der Waals surface area contributed by atoms with Crippen molar-refractivity contribution in [1.82, 2.24) is 14.8 Å². The van der Waals surface area contributed by atoms with E-state index in [1.807, 2.05) is 42.5 Å². The number of carbonyl (C=O) groups is 1. The predicted molar refractivity (Wildman–Crippen MR) is 104 cm³/mol. The maximum Gasteiger partial charge on any atom is 0.226 e. The first-order valence-corrected chi connectivity index (χ1v) is 9.32. The van der Waals surface area contributed by atoms with E-state index in [9.17, 15) is 4.79 Å². The molecule has 1 N–H and O–H groups in total. The Hall–Kier alpha value is -2.92. The molecule has 2 atom stereocenters. The number of hydrogen-bond donors (Lipinski definition) is 1. The van der Waals surface area contributed by atoms with Gasteiger partial charge in [-0.15, -0.1) is 0 Å². The van der Waals surface area contributed by atoms with Crippen molar-refractivity contribution >= 4 is 23.3 Å². The van der Waals surface area contributed by atoms with Crippen molar-refractivity contribution in [2.75, 3.05) is 5.32 Å². The van der Waals surface area contributed by atoms with Gasteiger partial charge < -0.3 is 5.32 Å². The summed E-state index contributed by atoms with van der Waals surface area (Å²) in [5.41, 5.74) is 3.71. The van der Waals surface area contributed by atoms with Crippen LogP contribution in [0.4, 0.5) is 5.95 Å². The van der Waals surface area contributed by atoms with Gasteiger partial charge in [-0.1, -0.05) is 60.1 Å². The molecule has 0 amide bonds. The van der Waals surface area contributed by atoms with E-state index in [4.69, 9.17) is 11.6 Å². The molecule has 1 aliphatic carbocycles. The molecule has 2 heterocycles. The van der Waals surface area contributed by atoms with Crippen molar-refractivity contribution in [2.24, 2.45) is 0 Å². The number of Topliss-reactive ketones (excluding diaryl/α,β-unsaturated/α-hetero) is 1. The Bertz CT molecular complexity index is 1060. The molecule has 0 spiro atoms. The Morgan fingerprint density at radius 1 is 1.04 bits per heavy atom. The monoisotopic (exact) mass is 376 g/mol. The van der Waals surface area contributed by atoms with Crippen LogP contribution in [0.25, 0.3) is 0 Å². The first kappa shape index (κ1) is 16.3. The molecule has 0 unspecified atom stereocenters. The van der Waals surface area contributed by atoms with Gasteiger partial charge in [-0.05, 0) is 24.0 Å². The number of halogens is 1. The summed E-state index contributed by atoms with van der Waals surface area (Å²) in [4.78, 5) is 17.6. The average Bonchev–Trinajstić information content (AvgIpc) is 3.16. The normalized spacial score (nSPS) is 21.4. The summed E-state index contributed by atoms with van der Waals surface area (Å²) >= 11 is 6.48. The van der Waals surface area contributed by atoms with Gasteiger partial charge in [-0.2, -0.15) is 10.1 Å². The van der Waals surface area contributed by atoms with Gasteiger partial charge in [-0.3, -0.25) is 4.79 Å². The lowest BCUT2D eigenvalue weighted by molar-refractivity contribution is -0.116. The van der Waals surface area contributed by atoms with E-state index in [1.54, 1.807) is 4.68 Å². The summed E-state index contributed by atoms with van der Waals surface area (Å²) in [5, 5.41) is 8.31. The minimum atomic E-state index is -0.350. The summed E-state index contributed by atoms with van der Waals surface area (Å²) in [5.74, 6) is 0.926. The van der Waals surface area contributed by atoms with Crippen molar-refractivity contribution in [1.29, 1.82) is 0 Å². The summed E-state index contributed by atoms with van der Waals surface area (Å²) in [6.45, 7) is 0. The van der Waals surface area contributed by atoms with Crippen molar-refractivity contribution in [2.45, 2.75) is 24.8 Å². The molecule has 0 radical (unpaired) electrons. The number of rotatable bonds is 2. The molecule has 0 bridgehead atoms. The van der Waals surface area contributed by atoms with Gasteiger partial charge in [-0.25, -0.2) is 4.68 Å². The summed E-state index contributed by atoms with van der Waals surface area (Å²) < 4.78 is 1.75. The van der Waals surface area contributed by atoms with Crippen LogP contribution in [0.3, 0.4) is 0 Å². The molecule has 0 saturated carbocycles. The van der Waals surface area contributed by atoms with Gasteiger partial charge in [0.25, 0.3) is 0 Å². The second kappa shape index (κ2) is 6.35. The molecule has 2 aliphatic rings. The number of benzene rings is 2. The molecule has 0 fully saturated rings. The van der Waals surface area contributed by atoms with E-state index < -0.39 is 0 Å².